The van der Waals surface area contributed by atoms with E-state index in [1.165, 1.54) is 27.5 Å². The third-order valence-corrected chi connectivity index (χ3v) is 4.15. The summed E-state index contributed by atoms with van der Waals surface area (Å²) in [4.78, 5) is 3.40. The Hall–Kier alpha value is -2.41. The molecule has 1 nitrogen and oxygen atoms in total. The van der Waals surface area contributed by atoms with Crippen molar-refractivity contribution in [1.82, 2.24) is 0 Å². The van der Waals surface area contributed by atoms with Gasteiger partial charge in [0.2, 0.25) is 5.69 Å². The first-order valence-corrected chi connectivity index (χ1v) is 7.67. The van der Waals surface area contributed by atoms with Crippen molar-refractivity contribution >= 4 is 16.8 Å². The Morgan fingerprint density at radius 1 is 0.909 bits per heavy atom. The minimum Gasteiger partial charge on any atom is -0.211 e. The van der Waals surface area contributed by atoms with E-state index in [1.807, 2.05) is 12.3 Å². The summed E-state index contributed by atoms with van der Waals surface area (Å²) >= 11 is 0. The quantitative estimate of drug-likeness (QED) is 0.610. The standard InChI is InChI=1S/C21H21N/c1-5-15-7-6-8-19-18(15)13-14-22-20(19)16-9-11-17(12-10-16)21(2,3)4/h5-14H,1H2,2-4H3/p+1. The van der Waals surface area contributed by atoms with E-state index in [1.54, 1.807) is 0 Å². The molecule has 1 heterocycles. The summed E-state index contributed by atoms with van der Waals surface area (Å²) in [6.45, 7) is 10.6. The second kappa shape index (κ2) is 5.42. The highest BCUT2D eigenvalue weighted by Crippen LogP contribution is 2.29. The van der Waals surface area contributed by atoms with Crippen LogP contribution in [0, 0.1) is 0 Å². The highest BCUT2D eigenvalue weighted by atomic mass is 14.7. The number of nitrogens with one attached hydrogen (secondary N) is 1. The minimum absolute atomic E-state index is 0.178. The van der Waals surface area contributed by atoms with Crippen molar-refractivity contribution in [1.29, 1.82) is 0 Å². The molecule has 0 saturated heterocycles. The third-order valence-electron chi connectivity index (χ3n) is 4.15. The molecular formula is C21H22N+. The lowest BCUT2D eigenvalue weighted by molar-refractivity contribution is -0.362. The maximum absolute atomic E-state index is 3.91. The normalized spacial score (nSPS) is 11.6. The Kier molecular flexibility index (Phi) is 3.58. The average molecular weight is 288 g/mol. The summed E-state index contributed by atoms with van der Waals surface area (Å²) in [7, 11) is 0. The molecule has 1 heteroatoms. The molecule has 0 amide bonds. The molecule has 1 aromatic heterocycles. The van der Waals surface area contributed by atoms with E-state index in [4.69, 9.17) is 0 Å². The van der Waals surface area contributed by atoms with Gasteiger partial charge in [0.25, 0.3) is 0 Å². The van der Waals surface area contributed by atoms with Crippen LogP contribution in [0.3, 0.4) is 0 Å². The van der Waals surface area contributed by atoms with Crippen LogP contribution >= 0.6 is 0 Å². The summed E-state index contributed by atoms with van der Waals surface area (Å²) in [5.74, 6) is 0. The van der Waals surface area contributed by atoms with Gasteiger partial charge in [0.1, 0.15) is 0 Å². The third kappa shape index (κ3) is 2.55. The van der Waals surface area contributed by atoms with Crippen molar-refractivity contribution in [3.05, 3.63) is 72.4 Å². The van der Waals surface area contributed by atoms with E-state index >= 15 is 0 Å². The van der Waals surface area contributed by atoms with Crippen molar-refractivity contribution in [2.45, 2.75) is 26.2 Å². The predicted octanol–water partition coefficient (Wildman–Crippen LogP) is 5.26. The number of aromatic nitrogens is 1. The Morgan fingerprint density at radius 2 is 1.64 bits per heavy atom. The Labute approximate surface area is 132 Å². The number of hydrogen-bond donors (Lipinski definition) is 0. The summed E-state index contributed by atoms with van der Waals surface area (Å²) in [6, 6.07) is 17.3. The molecule has 0 spiro atoms. The first kappa shape index (κ1) is 14.5. The van der Waals surface area contributed by atoms with E-state index in [-0.39, 0.29) is 5.41 Å². The fourth-order valence-electron chi connectivity index (χ4n) is 2.83. The van der Waals surface area contributed by atoms with Crippen LogP contribution in [0.4, 0.5) is 0 Å². The first-order valence-electron chi connectivity index (χ1n) is 7.67. The molecule has 3 rings (SSSR count). The van der Waals surface area contributed by atoms with Crippen LogP contribution in [0.5, 0.6) is 0 Å². The Morgan fingerprint density at radius 3 is 2.27 bits per heavy atom. The molecule has 0 bridgehead atoms. The van der Waals surface area contributed by atoms with Gasteiger partial charge in [-0.05, 0) is 34.7 Å². The van der Waals surface area contributed by atoms with E-state index in [2.05, 4.69) is 80.9 Å². The zero-order valence-corrected chi connectivity index (χ0v) is 13.5. The molecule has 0 atom stereocenters. The summed E-state index contributed by atoms with van der Waals surface area (Å²) in [5, 5.41) is 2.45. The second-order valence-corrected chi connectivity index (χ2v) is 6.69. The van der Waals surface area contributed by atoms with E-state index in [0.29, 0.717) is 0 Å². The number of benzene rings is 2. The highest BCUT2D eigenvalue weighted by molar-refractivity contribution is 5.97. The Bertz CT molecular complexity index is 821. The number of aromatic amines is 1. The molecule has 0 unspecified atom stereocenters. The maximum atomic E-state index is 3.91. The molecule has 0 saturated carbocycles. The van der Waals surface area contributed by atoms with E-state index in [9.17, 15) is 0 Å². The van der Waals surface area contributed by atoms with Gasteiger partial charge in [-0.1, -0.05) is 57.7 Å². The molecule has 0 aliphatic carbocycles. The number of fused-ring (bicyclic) bond motifs is 1. The van der Waals surface area contributed by atoms with Gasteiger partial charge in [0, 0.05) is 17.0 Å². The lowest BCUT2D eigenvalue weighted by Gasteiger charge is -2.18. The van der Waals surface area contributed by atoms with Gasteiger partial charge in [-0.3, -0.25) is 0 Å². The van der Waals surface area contributed by atoms with Gasteiger partial charge >= 0.3 is 0 Å². The topological polar surface area (TPSA) is 14.1 Å². The van der Waals surface area contributed by atoms with Gasteiger partial charge in [0.05, 0.1) is 5.39 Å². The molecule has 22 heavy (non-hydrogen) atoms. The van der Waals surface area contributed by atoms with Gasteiger partial charge < -0.3 is 0 Å². The average Bonchev–Trinajstić information content (AvgIpc) is 2.53. The van der Waals surface area contributed by atoms with Gasteiger partial charge in [-0.2, -0.15) is 0 Å². The molecule has 0 fully saturated rings. The van der Waals surface area contributed by atoms with Gasteiger partial charge in [-0.15, -0.1) is 0 Å². The number of hydrogen-bond acceptors (Lipinski definition) is 0. The van der Waals surface area contributed by atoms with Crippen LogP contribution in [0.2, 0.25) is 0 Å². The van der Waals surface area contributed by atoms with Gasteiger partial charge in [0.15, 0.2) is 6.20 Å². The fraction of sp³-hybridized carbons (Fsp3) is 0.190. The first-order chi connectivity index (χ1) is 10.5. The van der Waals surface area contributed by atoms with Crippen LogP contribution in [-0.2, 0) is 5.41 Å². The smallest absolute Gasteiger partial charge is 0.211 e. The lowest BCUT2D eigenvalue weighted by Crippen LogP contribution is -2.11. The van der Waals surface area contributed by atoms with E-state index in [0.717, 1.165) is 5.69 Å². The van der Waals surface area contributed by atoms with Crippen LogP contribution in [0.25, 0.3) is 28.1 Å². The molecule has 2 aromatic carbocycles. The fourth-order valence-corrected chi connectivity index (χ4v) is 2.83. The van der Waals surface area contributed by atoms with Crippen molar-refractivity contribution < 1.29 is 4.98 Å². The molecule has 0 aliphatic rings. The van der Waals surface area contributed by atoms with Crippen molar-refractivity contribution in [2.75, 3.05) is 0 Å². The number of H-pyrrole nitrogens is 1. The molecule has 0 radical (unpaired) electrons. The van der Waals surface area contributed by atoms with Crippen molar-refractivity contribution in [2.24, 2.45) is 0 Å². The zero-order valence-electron chi connectivity index (χ0n) is 13.5. The Balaban J connectivity index is 2.16. The van der Waals surface area contributed by atoms with Crippen LogP contribution in [0.15, 0.2) is 61.3 Å². The van der Waals surface area contributed by atoms with Crippen LogP contribution < -0.4 is 4.98 Å². The zero-order chi connectivity index (χ0) is 15.7. The molecule has 1 N–H and O–H groups in total. The minimum atomic E-state index is 0.178. The van der Waals surface area contributed by atoms with Crippen molar-refractivity contribution in [3.8, 4) is 11.3 Å². The largest absolute Gasteiger partial charge is 0.218 e. The van der Waals surface area contributed by atoms with E-state index < -0.39 is 0 Å². The lowest BCUT2D eigenvalue weighted by atomic mass is 9.86. The maximum Gasteiger partial charge on any atom is 0.218 e. The second-order valence-electron chi connectivity index (χ2n) is 6.69. The number of pyridine rings is 1. The highest BCUT2D eigenvalue weighted by Gasteiger charge is 2.16. The molecule has 3 aromatic rings. The van der Waals surface area contributed by atoms with Crippen LogP contribution in [0.1, 0.15) is 31.9 Å². The molecule has 0 aliphatic heterocycles. The summed E-state index contributed by atoms with van der Waals surface area (Å²) < 4.78 is 0. The summed E-state index contributed by atoms with van der Waals surface area (Å²) in [6.07, 6.45) is 3.91. The van der Waals surface area contributed by atoms with Crippen LogP contribution in [-0.4, -0.2) is 0 Å². The monoisotopic (exact) mass is 288 g/mol. The van der Waals surface area contributed by atoms with Crippen molar-refractivity contribution in [3.63, 3.8) is 0 Å². The number of rotatable bonds is 2. The SMILES string of the molecule is C=Cc1cccc2c(-c3ccc(C(C)(C)C)cc3)[nH+]ccc12. The van der Waals surface area contributed by atoms with Gasteiger partial charge in [-0.25, -0.2) is 4.98 Å². The summed E-state index contributed by atoms with van der Waals surface area (Å²) in [5.41, 5.74) is 5.06. The predicted molar refractivity (Wildman–Crippen MR) is 94.7 cm³/mol. The molecular weight excluding hydrogens is 266 g/mol. The molecule has 110 valence electrons.